The van der Waals surface area contributed by atoms with Crippen LogP contribution in [0.1, 0.15) is 68.2 Å². The molecule has 1 unspecified atom stereocenters. The monoisotopic (exact) mass is 303 g/mol. The zero-order valence-corrected chi connectivity index (χ0v) is 14.4. The van der Waals surface area contributed by atoms with Crippen LogP contribution >= 0.6 is 11.8 Å². The van der Waals surface area contributed by atoms with Gasteiger partial charge in [0, 0.05) is 17.3 Å². The van der Waals surface area contributed by atoms with Gasteiger partial charge in [-0.1, -0.05) is 31.0 Å². The summed E-state index contributed by atoms with van der Waals surface area (Å²) in [7, 11) is 0. The van der Waals surface area contributed by atoms with Crippen molar-refractivity contribution in [3.63, 3.8) is 0 Å². The molecule has 1 aromatic rings. The zero-order valence-electron chi connectivity index (χ0n) is 13.6. The van der Waals surface area contributed by atoms with E-state index in [2.05, 4.69) is 48.5 Å². The van der Waals surface area contributed by atoms with Crippen LogP contribution in [0.2, 0.25) is 0 Å². The molecule has 3 rings (SSSR count). The van der Waals surface area contributed by atoms with Crippen molar-refractivity contribution in [2.75, 3.05) is 12.8 Å². The Labute approximate surface area is 134 Å². The van der Waals surface area contributed by atoms with Crippen molar-refractivity contribution in [1.82, 2.24) is 5.32 Å². The molecule has 2 aliphatic carbocycles. The van der Waals surface area contributed by atoms with Crippen molar-refractivity contribution in [2.24, 2.45) is 0 Å². The van der Waals surface area contributed by atoms with E-state index in [0.29, 0.717) is 10.8 Å². The molecule has 0 bridgehead atoms. The van der Waals surface area contributed by atoms with Gasteiger partial charge in [-0.2, -0.15) is 11.8 Å². The second-order valence-corrected chi connectivity index (χ2v) is 8.21. The Hall–Kier alpha value is -0.470. The highest BCUT2D eigenvalue weighted by Crippen LogP contribution is 2.40. The van der Waals surface area contributed by atoms with Crippen LogP contribution in [0.5, 0.6) is 0 Å². The number of aryl methyl sites for hydroxylation is 2. The maximum atomic E-state index is 3.82. The summed E-state index contributed by atoms with van der Waals surface area (Å²) in [5, 5.41) is 3.82. The minimum absolute atomic E-state index is 0.474. The number of nitrogens with one attached hydrogen (secondary N) is 1. The zero-order chi connectivity index (χ0) is 14.7. The molecule has 2 aliphatic rings. The fraction of sp³-hybridized carbons (Fsp3) is 0.684. The molecule has 0 heterocycles. The Kier molecular flexibility index (Phi) is 4.96. The second kappa shape index (κ2) is 6.75. The van der Waals surface area contributed by atoms with Gasteiger partial charge in [0.05, 0.1) is 0 Å². The average molecular weight is 304 g/mol. The fourth-order valence-corrected chi connectivity index (χ4v) is 4.88. The van der Waals surface area contributed by atoms with Crippen molar-refractivity contribution in [2.45, 2.75) is 69.1 Å². The van der Waals surface area contributed by atoms with Crippen LogP contribution in [-0.4, -0.2) is 17.5 Å². The molecule has 1 N–H and O–H groups in total. The summed E-state index contributed by atoms with van der Waals surface area (Å²) in [6.07, 6.45) is 13.2. The fourth-order valence-electron chi connectivity index (χ4n) is 3.95. The van der Waals surface area contributed by atoms with E-state index < -0.39 is 0 Å². The van der Waals surface area contributed by atoms with Gasteiger partial charge in [-0.3, -0.25) is 0 Å². The first-order valence-corrected chi connectivity index (χ1v) is 9.85. The molecule has 0 aliphatic heterocycles. The second-order valence-electron chi connectivity index (χ2n) is 6.93. The van der Waals surface area contributed by atoms with Gasteiger partial charge in [0.15, 0.2) is 0 Å². The number of hydrogen-bond donors (Lipinski definition) is 1. The van der Waals surface area contributed by atoms with Gasteiger partial charge in [-0.25, -0.2) is 0 Å². The Balaban J connectivity index is 1.63. The smallest absolute Gasteiger partial charge is 0.0292 e. The van der Waals surface area contributed by atoms with E-state index in [0.717, 1.165) is 6.54 Å². The molecule has 21 heavy (non-hydrogen) atoms. The lowest BCUT2D eigenvalue weighted by atomic mass is 9.89. The molecular weight excluding hydrogens is 274 g/mol. The van der Waals surface area contributed by atoms with Gasteiger partial charge in [0.2, 0.25) is 0 Å². The van der Waals surface area contributed by atoms with E-state index in [1.807, 2.05) is 0 Å². The molecule has 0 amide bonds. The summed E-state index contributed by atoms with van der Waals surface area (Å²) >= 11 is 2.08. The standard InChI is InChI=1S/C19H29NS/c1-15(20-14-19(21-2)11-5-6-12-19)17-10-9-16-7-3-4-8-18(16)13-17/h9-10,13,15,20H,3-8,11-12,14H2,1-2H3. The number of rotatable bonds is 5. The van der Waals surface area contributed by atoms with E-state index in [9.17, 15) is 0 Å². The first-order chi connectivity index (χ1) is 10.2. The third kappa shape index (κ3) is 3.48. The van der Waals surface area contributed by atoms with E-state index in [-0.39, 0.29) is 0 Å². The molecule has 1 nitrogen and oxygen atoms in total. The van der Waals surface area contributed by atoms with Crippen LogP contribution in [0.15, 0.2) is 18.2 Å². The van der Waals surface area contributed by atoms with Gasteiger partial charge in [0.1, 0.15) is 0 Å². The predicted molar refractivity (Wildman–Crippen MR) is 94.2 cm³/mol. The Morgan fingerprint density at radius 3 is 2.52 bits per heavy atom. The van der Waals surface area contributed by atoms with Crippen molar-refractivity contribution in [3.05, 3.63) is 34.9 Å². The van der Waals surface area contributed by atoms with Crippen LogP contribution < -0.4 is 5.32 Å². The quantitative estimate of drug-likeness (QED) is 0.831. The lowest BCUT2D eigenvalue weighted by Crippen LogP contribution is -2.36. The number of hydrogen-bond acceptors (Lipinski definition) is 2. The number of thioether (sulfide) groups is 1. The molecular formula is C19H29NS. The largest absolute Gasteiger partial charge is 0.309 e. The Morgan fingerprint density at radius 2 is 1.81 bits per heavy atom. The topological polar surface area (TPSA) is 12.0 Å². The van der Waals surface area contributed by atoms with Gasteiger partial charge in [-0.05, 0) is 68.4 Å². The molecule has 1 atom stereocenters. The summed E-state index contributed by atoms with van der Waals surface area (Å²) in [4.78, 5) is 0. The van der Waals surface area contributed by atoms with Gasteiger partial charge in [0.25, 0.3) is 0 Å². The summed E-state index contributed by atoms with van der Waals surface area (Å²) in [6, 6.07) is 7.67. The minimum Gasteiger partial charge on any atom is -0.309 e. The molecule has 2 heteroatoms. The molecule has 1 fully saturated rings. The molecule has 1 aromatic carbocycles. The highest BCUT2D eigenvalue weighted by molar-refractivity contribution is 8.00. The first kappa shape index (κ1) is 15.4. The van der Waals surface area contributed by atoms with Gasteiger partial charge >= 0.3 is 0 Å². The van der Waals surface area contributed by atoms with Crippen LogP contribution in [0.25, 0.3) is 0 Å². The third-order valence-corrected chi connectivity index (χ3v) is 6.97. The molecule has 1 saturated carbocycles. The number of benzene rings is 1. The Morgan fingerprint density at radius 1 is 1.10 bits per heavy atom. The maximum Gasteiger partial charge on any atom is 0.0292 e. The van der Waals surface area contributed by atoms with Crippen LogP contribution in [0.3, 0.4) is 0 Å². The van der Waals surface area contributed by atoms with Crippen molar-refractivity contribution in [1.29, 1.82) is 0 Å². The van der Waals surface area contributed by atoms with Gasteiger partial charge < -0.3 is 5.32 Å². The van der Waals surface area contributed by atoms with Gasteiger partial charge in [-0.15, -0.1) is 0 Å². The third-order valence-electron chi connectivity index (χ3n) is 5.55. The van der Waals surface area contributed by atoms with E-state index >= 15 is 0 Å². The van der Waals surface area contributed by atoms with Crippen LogP contribution in [0.4, 0.5) is 0 Å². The predicted octanol–water partition coefficient (Wildman–Crippen LogP) is 4.89. The van der Waals surface area contributed by atoms with Crippen LogP contribution in [0, 0.1) is 0 Å². The molecule has 116 valence electrons. The highest BCUT2D eigenvalue weighted by Gasteiger charge is 2.32. The van der Waals surface area contributed by atoms with Crippen molar-refractivity contribution in [3.8, 4) is 0 Å². The average Bonchev–Trinajstić information content (AvgIpc) is 3.01. The lowest BCUT2D eigenvalue weighted by Gasteiger charge is -2.29. The minimum atomic E-state index is 0.474. The summed E-state index contributed by atoms with van der Waals surface area (Å²) in [6.45, 7) is 3.49. The SMILES string of the molecule is CSC1(CNC(C)c2ccc3c(c2)CCCC3)CCCC1. The Bertz CT molecular complexity index is 476. The molecule has 0 radical (unpaired) electrons. The maximum absolute atomic E-state index is 3.82. The number of fused-ring (bicyclic) bond motifs is 1. The molecule has 0 aromatic heterocycles. The highest BCUT2D eigenvalue weighted by atomic mass is 32.2. The van der Waals surface area contributed by atoms with Crippen molar-refractivity contribution >= 4 is 11.8 Å². The lowest BCUT2D eigenvalue weighted by molar-refractivity contribution is 0.486. The van der Waals surface area contributed by atoms with E-state index in [1.54, 1.807) is 11.1 Å². The van der Waals surface area contributed by atoms with Crippen LogP contribution in [-0.2, 0) is 12.8 Å². The summed E-state index contributed by atoms with van der Waals surface area (Å²) in [5.41, 5.74) is 4.67. The summed E-state index contributed by atoms with van der Waals surface area (Å²) in [5.74, 6) is 0. The van der Waals surface area contributed by atoms with E-state index in [4.69, 9.17) is 0 Å². The van der Waals surface area contributed by atoms with Crippen molar-refractivity contribution < 1.29 is 0 Å². The first-order valence-electron chi connectivity index (χ1n) is 8.63. The normalized spacial score (nSPS) is 22.0. The summed E-state index contributed by atoms with van der Waals surface area (Å²) < 4.78 is 0.502. The molecule has 0 saturated heterocycles. The molecule has 0 spiro atoms. The van der Waals surface area contributed by atoms with E-state index in [1.165, 1.54) is 56.9 Å².